The molecule has 0 aliphatic carbocycles. The second-order valence-corrected chi connectivity index (χ2v) is 3.73. The number of nitrogens with zero attached hydrogens (tertiary/aromatic N) is 1. The molecule has 0 unspecified atom stereocenters. The smallest absolute Gasteiger partial charge is 0.0886 e. The lowest BCUT2D eigenvalue weighted by atomic mass is 10.2. The predicted molar refractivity (Wildman–Crippen MR) is 57.1 cm³/mol. The van der Waals surface area contributed by atoms with Crippen molar-refractivity contribution < 1.29 is 0 Å². The van der Waals surface area contributed by atoms with Crippen LogP contribution in [0.3, 0.4) is 0 Å². The first kappa shape index (κ1) is 8.26. The third-order valence-electron chi connectivity index (χ3n) is 1.82. The fourth-order valence-corrected chi connectivity index (χ4v) is 2.01. The highest BCUT2D eigenvalue weighted by Crippen LogP contribution is 2.30. The zero-order chi connectivity index (χ0) is 9.10. The van der Waals surface area contributed by atoms with E-state index in [1.165, 1.54) is 15.4 Å². The summed E-state index contributed by atoms with van der Waals surface area (Å²) in [5, 5.41) is 4.31. The summed E-state index contributed by atoms with van der Waals surface area (Å²) < 4.78 is 0. The van der Waals surface area contributed by atoms with Gasteiger partial charge in [-0.2, -0.15) is 0 Å². The van der Waals surface area contributed by atoms with Crippen molar-refractivity contribution >= 4 is 16.3 Å². The molecular formula is C10H10N2S. The number of thiophene rings is 1. The van der Waals surface area contributed by atoms with Crippen LogP contribution in [-0.4, -0.2) is 12.0 Å². The number of hydrogen-bond acceptors (Lipinski definition) is 3. The van der Waals surface area contributed by atoms with E-state index in [9.17, 15) is 0 Å². The molecule has 13 heavy (non-hydrogen) atoms. The predicted octanol–water partition coefficient (Wildman–Crippen LogP) is 2.85. The second-order valence-electron chi connectivity index (χ2n) is 2.65. The molecule has 0 aromatic carbocycles. The maximum absolute atomic E-state index is 3.99. The molecule has 0 aliphatic heterocycles. The molecule has 2 aromatic rings. The summed E-state index contributed by atoms with van der Waals surface area (Å²) >= 11 is 1.75. The summed E-state index contributed by atoms with van der Waals surface area (Å²) in [4.78, 5) is 5.26. The molecule has 0 saturated heterocycles. The number of hydrogen-bond donors (Lipinski definition) is 1. The molecule has 2 aromatic heterocycles. The minimum absolute atomic E-state index is 1.19. The Bertz CT molecular complexity index is 381. The van der Waals surface area contributed by atoms with Crippen molar-refractivity contribution in [2.45, 2.75) is 0 Å². The second kappa shape index (κ2) is 3.58. The average molecular weight is 190 g/mol. The number of anilines is 1. The summed E-state index contributed by atoms with van der Waals surface area (Å²) in [5.74, 6) is 0. The van der Waals surface area contributed by atoms with E-state index in [1.807, 2.05) is 31.6 Å². The molecule has 3 heteroatoms. The maximum atomic E-state index is 3.99. The Kier molecular flexibility index (Phi) is 2.27. The van der Waals surface area contributed by atoms with Crippen molar-refractivity contribution in [3.05, 3.63) is 36.7 Å². The van der Waals surface area contributed by atoms with Crippen LogP contribution in [-0.2, 0) is 0 Å². The van der Waals surface area contributed by atoms with E-state index < -0.39 is 0 Å². The van der Waals surface area contributed by atoms with Crippen molar-refractivity contribution in [2.24, 2.45) is 0 Å². The Morgan fingerprint density at radius 2 is 1.92 bits per heavy atom. The zero-order valence-corrected chi connectivity index (χ0v) is 8.14. The van der Waals surface area contributed by atoms with Gasteiger partial charge in [-0.05, 0) is 29.8 Å². The van der Waals surface area contributed by atoms with Crippen LogP contribution < -0.4 is 5.32 Å². The fraction of sp³-hybridized carbons (Fsp3) is 0.100. The normalized spacial score (nSPS) is 9.92. The van der Waals surface area contributed by atoms with E-state index in [1.54, 1.807) is 11.3 Å². The monoisotopic (exact) mass is 190 g/mol. The summed E-state index contributed by atoms with van der Waals surface area (Å²) in [7, 11) is 1.93. The maximum Gasteiger partial charge on any atom is 0.0886 e. The van der Waals surface area contributed by atoms with Gasteiger partial charge in [0.25, 0.3) is 0 Å². The summed E-state index contributed by atoms with van der Waals surface area (Å²) in [5.41, 5.74) is 1.22. The van der Waals surface area contributed by atoms with E-state index in [0.29, 0.717) is 0 Å². The van der Waals surface area contributed by atoms with E-state index in [-0.39, 0.29) is 0 Å². The van der Waals surface area contributed by atoms with Gasteiger partial charge in [0.15, 0.2) is 0 Å². The van der Waals surface area contributed by atoms with Crippen LogP contribution in [0.25, 0.3) is 10.4 Å². The largest absolute Gasteiger partial charge is 0.380 e. The van der Waals surface area contributed by atoms with Crippen LogP contribution in [0.15, 0.2) is 36.7 Å². The molecule has 1 N–H and O–H groups in total. The van der Waals surface area contributed by atoms with E-state index >= 15 is 0 Å². The number of aromatic nitrogens is 1. The molecule has 0 saturated carbocycles. The summed E-state index contributed by atoms with van der Waals surface area (Å²) in [6.07, 6.45) is 3.63. The molecule has 66 valence electrons. The van der Waals surface area contributed by atoms with Crippen LogP contribution in [0, 0.1) is 0 Å². The van der Waals surface area contributed by atoms with Crippen LogP contribution in [0.2, 0.25) is 0 Å². The highest BCUT2D eigenvalue weighted by Gasteiger charge is 1.99. The molecule has 0 aliphatic rings. The van der Waals surface area contributed by atoms with Gasteiger partial charge in [0.05, 0.1) is 5.00 Å². The summed E-state index contributed by atoms with van der Waals surface area (Å²) in [6.45, 7) is 0. The molecule has 0 radical (unpaired) electrons. The van der Waals surface area contributed by atoms with Gasteiger partial charge in [0, 0.05) is 24.3 Å². The van der Waals surface area contributed by atoms with Crippen molar-refractivity contribution in [3.63, 3.8) is 0 Å². The lowest BCUT2D eigenvalue weighted by Crippen LogP contribution is -1.79. The number of rotatable bonds is 2. The van der Waals surface area contributed by atoms with Gasteiger partial charge in [-0.3, -0.25) is 4.98 Å². The Morgan fingerprint density at radius 1 is 1.15 bits per heavy atom. The van der Waals surface area contributed by atoms with Crippen LogP contribution in [0.1, 0.15) is 0 Å². The van der Waals surface area contributed by atoms with Crippen LogP contribution in [0.4, 0.5) is 5.00 Å². The SMILES string of the molecule is CNc1ccc(-c2ccncc2)s1. The number of pyridine rings is 1. The molecular weight excluding hydrogens is 180 g/mol. The van der Waals surface area contributed by atoms with Crippen molar-refractivity contribution in [3.8, 4) is 10.4 Å². The molecule has 0 fully saturated rings. The molecule has 0 bridgehead atoms. The zero-order valence-electron chi connectivity index (χ0n) is 7.32. The van der Waals surface area contributed by atoms with Gasteiger partial charge < -0.3 is 5.32 Å². The van der Waals surface area contributed by atoms with Crippen molar-refractivity contribution in [1.29, 1.82) is 0 Å². The lowest BCUT2D eigenvalue weighted by molar-refractivity contribution is 1.33. The topological polar surface area (TPSA) is 24.9 Å². The van der Waals surface area contributed by atoms with Gasteiger partial charge >= 0.3 is 0 Å². The van der Waals surface area contributed by atoms with Crippen molar-refractivity contribution in [1.82, 2.24) is 4.98 Å². The molecule has 0 atom stereocenters. The van der Waals surface area contributed by atoms with E-state index in [2.05, 4.69) is 22.4 Å². The first-order valence-corrected chi connectivity index (χ1v) is 4.90. The highest BCUT2D eigenvalue weighted by molar-refractivity contribution is 7.19. The quantitative estimate of drug-likeness (QED) is 0.787. The van der Waals surface area contributed by atoms with Crippen LogP contribution >= 0.6 is 11.3 Å². The molecule has 0 spiro atoms. The van der Waals surface area contributed by atoms with Gasteiger partial charge in [-0.25, -0.2) is 0 Å². The fourth-order valence-electron chi connectivity index (χ4n) is 1.14. The Balaban J connectivity index is 2.36. The Hall–Kier alpha value is -1.35. The molecule has 2 rings (SSSR count). The molecule has 2 nitrogen and oxygen atoms in total. The average Bonchev–Trinajstić information content (AvgIpc) is 2.67. The standard InChI is InChI=1S/C10H10N2S/c1-11-10-3-2-9(13-10)8-4-6-12-7-5-8/h2-7,11H,1H3. The van der Waals surface area contributed by atoms with Gasteiger partial charge in [-0.15, -0.1) is 11.3 Å². The highest BCUT2D eigenvalue weighted by atomic mass is 32.1. The third-order valence-corrected chi connectivity index (χ3v) is 2.97. The molecule has 2 heterocycles. The first-order chi connectivity index (χ1) is 6.40. The number of nitrogens with one attached hydrogen (secondary N) is 1. The Morgan fingerprint density at radius 3 is 2.54 bits per heavy atom. The minimum Gasteiger partial charge on any atom is -0.380 e. The van der Waals surface area contributed by atoms with Gasteiger partial charge in [0.1, 0.15) is 0 Å². The van der Waals surface area contributed by atoms with Crippen molar-refractivity contribution in [2.75, 3.05) is 12.4 Å². The first-order valence-electron chi connectivity index (χ1n) is 4.08. The lowest BCUT2D eigenvalue weighted by Gasteiger charge is -1.94. The third kappa shape index (κ3) is 1.70. The summed E-state index contributed by atoms with van der Waals surface area (Å²) in [6, 6.07) is 8.24. The minimum atomic E-state index is 1.19. The Labute approximate surface area is 81.3 Å². The van der Waals surface area contributed by atoms with Gasteiger partial charge in [0.2, 0.25) is 0 Å². The van der Waals surface area contributed by atoms with Gasteiger partial charge in [-0.1, -0.05) is 0 Å². The van der Waals surface area contributed by atoms with E-state index in [4.69, 9.17) is 0 Å². The molecule has 0 amide bonds. The van der Waals surface area contributed by atoms with Crippen LogP contribution in [0.5, 0.6) is 0 Å². The van der Waals surface area contributed by atoms with E-state index in [0.717, 1.165) is 0 Å².